The number of hydrogen-bond donors (Lipinski definition) is 5. The van der Waals surface area contributed by atoms with E-state index < -0.39 is 77.9 Å². The number of aryl methyl sites for hydroxylation is 1. The first-order valence-corrected chi connectivity index (χ1v) is 12.1. The molecule has 1 amide bonds. The second kappa shape index (κ2) is 11.1. The molecule has 18 heteroatoms. The summed E-state index contributed by atoms with van der Waals surface area (Å²) in [5.74, 6) is -7.61. The number of amides is 1. The van der Waals surface area contributed by atoms with Crippen LogP contribution in [0, 0.1) is 0 Å². The Bertz CT molecular complexity index is 2000. The van der Waals surface area contributed by atoms with Crippen LogP contribution >= 0.6 is 0 Å². The Morgan fingerprint density at radius 1 is 0.791 bits per heavy atom. The van der Waals surface area contributed by atoms with Gasteiger partial charge in [0, 0.05) is 24.9 Å². The Hall–Kier alpha value is -6.07. The molecule has 0 radical (unpaired) electrons. The molecule has 0 atom stereocenters. The average Bonchev–Trinajstić information content (AvgIpc) is 3.36. The molecular weight excluding hydrogens is 576 g/mol. The van der Waals surface area contributed by atoms with Gasteiger partial charge in [-0.3, -0.25) is 42.7 Å². The minimum atomic E-state index is -1.46. The number of aliphatic carboxylic acids is 4. The first-order chi connectivity index (χ1) is 20.1. The summed E-state index contributed by atoms with van der Waals surface area (Å²) in [7, 11) is 2.47. The average molecular weight is 598 g/mol. The summed E-state index contributed by atoms with van der Waals surface area (Å²) in [5.41, 5.74) is -3.59. The molecule has 0 aliphatic carbocycles. The quantitative estimate of drug-likeness (QED) is 0.157. The molecule has 0 aromatic carbocycles. The van der Waals surface area contributed by atoms with E-state index in [1.54, 1.807) is 0 Å². The molecule has 0 unspecified atom stereocenters. The Morgan fingerprint density at radius 3 is 1.95 bits per heavy atom. The summed E-state index contributed by atoms with van der Waals surface area (Å²) >= 11 is 0. The number of allylic oxidation sites excluding steroid dienone is 1. The molecule has 0 spiro atoms. The maximum atomic E-state index is 13.4. The fourth-order valence-corrected chi connectivity index (χ4v) is 4.74. The van der Waals surface area contributed by atoms with Crippen LogP contribution in [0.3, 0.4) is 0 Å². The van der Waals surface area contributed by atoms with Gasteiger partial charge < -0.3 is 25.5 Å². The van der Waals surface area contributed by atoms with Crippen molar-refractivity contribution in [3.63, 3.8) is 0 Å². The van der Waals surface area contributed by atoms with Gasteiger partial charge in [-0.2, -0.15) is 10.2 Å². The molecule has 4 heterocycles. The predicted molar refractivity (Wildman–Crippen MR) is 141 cm³/mol. The molecule has 3 aliphatic rings. The van der Waals surface area contributed by atoms with Gasteiger partial charge in [-0.1, -0.05) is 6.08 Å². The number of pyridine rings is 2. The number of aromatic nitrogens is 4. The van der Waals surface area contributed by atoms with E-state index in [2.05, 4.69) is 10.2 Å². The van der Waals surface area contributed by atoms with E-state index in [1.807, 2.05) is 0 Å². The van der Waals surface area contributed by atoms with E-state index in [4.69, 9.17) is 0 Å². The monoisotopic (exact) mass is 598 g/mol. The van der Waals surface area contributed by atoms with Gasteiger partial charge in [0.2, 0.25) is 5.88 Å². The molecule has 4 rings (SSSR count). The number of rotatable bonds is 10. The molecule has 1 aromatic rings. The fourth-order valence-electron chi connectivity index (χ4n) is 4.74. The van der Waals surface area contributed by atoms with Crippen molar-refractivity contribution in [1.82, 2.24) is 23.9 Å². The zero-order valence-electron chi connectivity index (χ0n) is 22.3. The zero-order valence-corrected chi connectivity index (χ0v) is 22.3. The van der Waals surface area contributed by atoms with Crippen LogP contribution in [0.4, 0.5) is 0 Å². The minimum absolute atomic E-state index is 0.233. The Labute approximate surface area is 237 Å². The third-order valence-corrected chi connectivity index (χ3v) is 6.46. The van der Waals surface area contributed by atoms with Crippen molar-refractivity contribution < 1.29 is 49.5 Å². The highest BCUT2D eigenvalue weighted by molar-refractivity contribution is 5.97. The predicted octanol–water partition coefficient (Wildman–Crippen LogP) is -2.91. The summed E-state index contributed by atoms with van der Waals surface area (Å²) in [6.45, 7) is -1.80. The van der Waals surface area contributed by atoms with Crippen LogP contribution in [0.2, 0.25) is 0 Å². The lowest BCUT2D eigenvalue weighted by molar-refractivity contribution is -0.138. The standard InChI is InChI=1S/C25H22N6O12/c1-28-24(42)18-12(6-14(32)33)10(22(40)30(8-16(36)37)20(18)26-28)4-3-5-11-13(7-15(34)35)19-21(27-29(2)25(19)43)31(23(11)41)9-17(38)39/h3-5,40H,6-9H2,1-2H3,(H,32,33)(H,34,35)(H,36,37)(H,38,39). The number of nitrogens with zero attached hydrogens (tertiary/aromatic N) is 6. The zero-order chi connectivity index (χ0) is 31.9. The Kier molecular flexibility index (Phi) is 7.70. The van der Waals surface area contributed by atoms with Gasteiger partial charge in [0.05, 0.1) is 24.0 Å². The van der Waals surface area contributed by atoms with Crippen LogP contribution < -0.4 is 21.8 Å². The first kappa shape index (κ1) is 29.9. The van der Waals surface area contributed by atoms with Crippen LogP contribution in [-0.2, 0) is 52.2 Å². The van der Waals surface area contributed by atoms with E-state index in [0.717, 1.165) is 32.5 Å². The van der Waals surface area contributed by atoms with Crippen molar-refractivity contribution in [2.75, 3.05) is 7.05 Å². The van der Waals surface area contributed by atoms with Gasteiger partial charge in [-0.05, 0) is 23.3 Å². The van der Waals surface area contributed by atoms with Crippen molar-refractivity contribution in [3.8, 4) is 17.3 Å². The summed E-state index contributed by atoms with van der Waals surface area (Å²) in [6, 6.07) is 0. The maximum Gasteiger partial charge on any atom is 0.323 e. The number of carbonyl (C=O) groups excluding carboxylic acids is 1. The normalized spacial score (nSPS) is 13.1. The number of carbonyl (C=O) groups is 5. The second-order valence-electron chi connectivity index (χ2n) is 9.29. The van der Waals surface area contributed by atoms with E-state index >= 15 is 0 Å². The summed E-state index contributed by atoms with van der Waals surface area (Å²) in [4.78, 5) is 85.5. The van der Waals surface area contributed by atoms with Gasteiger partial charge in [-0.25, -0.2) is 9.69 Å². The third-order valence-electron chi connectivity index (χ3n) is 6.46. The lowest BCUT2D eigenvalue weighted by atomic mass is 9.98. The minimum Gasteiger partial charge on any atom is -0.494 e. The third kappa shape index (κ3) is 5.35. The lowest BCUT2D eigenvalue weighted by Crippen LogP contribution is -2.48. The number of carboxylic acid groups (broad SMARTS) is 4. The highest BCUT2D eigenvalue weighted by Gasteiger charge is 2.31. The topological polar surface area (TPSA) is 264 Å². The highest BCUT2D eigenvalue weighted by atomic mass is 16.4. The van der Waals surface area contributed by atoms with Gasteiger partial charge in [0.1, 0.15) is 13.1 Å². The molecule has 1 aromatic heterocycles. The Balaban J connectivity index is 2.08. The van der Waals surface area contributed by atoms with Crippen LogP contribution in [-0.4, -0.2) is 86.3 Å². The summed E-state index contributed by atoms with van der Waals surface area (Å²) in [6.07, 6.45) is 1.49. The highest BCUT2D eigenvalue weighted by Crippen LogP contribution is 2.34. The van der Waals surface area contributed by atoms with E-state index in [-0.39, 0.29) is 39.1 Å². The molecule has 0 bridgehead atoms. The van der Waals surface area contributed by atoms with Crippen molar-refractivity contribution in [2.45, 2.75) is 25.9 Å². The lowest BCUT2D eigenvalue weighted by Gasteiger charge is -2.17. The van der Waals surface area contributed by atoms with Crippen LogP contribution in [0.15, 0.2) is 20.8 Å². The molecule has 43 heavy (non-hydrogen) atoms. The van der Waals surface area contributed by atoms with E-state index in [0.29, 0.717) is 4.57 Å². The van der Waals surface area contributed by atoms with Crippen molar-refractivity contribution in [3.05, 3.63) is 59.7 Å². The molecular formula is C25H22N6O12. The second-order valence-corrected chi connectivity index (χ2v) is 9.29. The Morgan fingerprint density at radius 2 is 1.37 bits per heavy atom. The van der Waals surface area contributed by atoms with E-state index in [9.17, 15) is 59.1 Å². The van der Waals surface area contributed by atoms with Crippen molar-refractivity contribution >= 4 is 41.9 Å². The molecule has 0 saturated heterocycles. The van der Waals surface area contributed by atoms with Gasteiger partial charge in [0.25, 0.3) is 17.0 Å². The molecule has 0 saturated carbocycles. The van der Waals surface area contributed by atoms with Crippen LogP contribution in [0.5, 0.6) is 5.88 Å². The number of hydrogen-bond acceptors (Lipinski definition) is 10. The number of fused-ring (bicyclic) bond motifs is 2. The molecule has 5 N–H and O–H groups in total. The molecule has 224 valence electrons. The SMILES string of the molecule is CN1N=c2c(c(CC(=O)O)c(=CC=Cc3c(CC(=O)O)c4c(=O)n(C)nc-4n(CC(=O)O)c3O)c(=O)n2CC(=O)O)C1=O. The summed E-state index contributed by atoms with van der Waals surface area (Å²) in [5, 5.41) is 57.0. The van der Waals surface area contributed by atoms with Crippen LogP contribution in [0.25, 0.3) is 23.5 Å². The number of carboxylic acids is 4. The summed E-state index contributed by atoms with van der Waals surface area (Å²) < 4.78 is 2.27. The number of aromatic hydroxyl groups is 1. The maximum absolute atomic E-state index is 13.4. The smallest absolute Gasteiger partial charge is 0.323 e. The fraction of sp³-hybridized carbons (Fsp3) is 0.240. The van der Waals surface area contributed by atoms with Crippen molar-refractivity contribution in [2.24, 2.45) is 12.1 Å². The van der Waals surface area contributed by atoms with Gasteiger partial charge in [0.15, 0.2) is 11.3 Å². The van der Waals surface area contributed by atoms with Crippen molar-refractivity contribution in [1.29, 1.82) is 0 Å². The van der Waals surface area contributed by atoms with Crippen LogP contribution in [0.1, 0.15) is 27.0 Å². The molecule has 18 nitrogen and oxygen atoms in total. The largest absolute Gasteiger partial charge is 0.494 e. The van der Waals surface area contributed by atoms with E-state index in [1.165, 1.54) is 14.1 Å². The molecule has 0 fully saturated rings. The first-order valence-electron chi connectivity index (χ1n) is 12.1. The van der Waals surface area contributed by atoms with Gasteiger partial charge >= 0.3 is 23.9 Å². The van der Waals surface area contributed by atoms with Gasteiger partial charge in [-0.15, -0.1) is 0 Å². The molecule has 3 aliphatic heterocycles.